The third-order valence-electron chi connectivity index (χ3n) is 2.22. The van der Waals surface area contributed by atoms with E-state index in [1.165, 1.54) is 6.07 Å². The van der Waals surface area contributed by atoms with Gasteiger partial charge in [0.15, 0.2) is 0 Å². The maximum Gasteiger partial charge on any atom is 0.126 e. The molecule has 0 spiro atoms. The highest BCUT2D eigenvalue weighted by Gasteiger charge is 2.15. The quantitative estimate of drug-likeness (QED) is 0.760. The van der Waals surface area contributed by atoms with Crippen LogP contribution in [0.1, 0.15) is 11.5 Å². The van der Waals surface area contributed by atoms with E-state index < -0.39 is 0 Å². The van der Waals surface area contributed by atoms with Gasteiger partial charge in [0.25, 0.3) is 0 Å². The van der Waals surface area contributed by atoms with Gasteiger partial charge in [0.05, 0.1) is 6.34 Å². The smallest absolute Gasteiger partial charge is 0.126 e. The van der Waals surface area contributed by atoms with E-state index in [1.54, 1.807) is 12.4 Å². The van der Waals surface area contributed by atoms with Crippen molar-refractivity contribution in [1.29, 1.82) is 0 Å². The van der Waals surface area contributed by atoms with Gasteiger partial charge < -0.3 is 5.32 Å². The molecule has 1 atom stereocenters. The van der Waals surface area contributed by atoms with Crippen molar-refractivity contribution in [2.75, 3.05) is 13.1 Å². The molecule has 14 heavy (non-hydrogen) atoms. The van der Waals surface area contributed by atoms with Crippen LogP contribution in [-0.4, -0.2) is 19.4 Å². The number of rotatable bonds is 1. The molecule has 1 aliphatic rings. The zero-order valence-corrected chi connectivity index (χ0v) is 8.43. The SMILES string of the molecule is Cl.Fc1ccccc1C1CN=CNC1. The summed E-state index contributed by atoms with van der Waals surface area (Å²) in [5, 5.41) is 3.00. The van der Waals surface area contributed by atoms with Crippen LogP contribution in [0.3, 0.4) is 0 Å². The first-order valence-electron chi connectivity index (χ1n) is 4.34. The predicted molar refractivity (Wildman–Crippen MR) is 57.8 cm³/mol. The molecule has 0 aliphatic carbocycles. The lowest BCUT2D eigenvalue weighted by molar-refractivity contribution is 0.565. The second-order valence-electron chi connectivity index (χ2n) is 3.12. The van der Waals surface area contributed by atoms with Crippen LogP contribution in [0.15, 0.2) is 29.3 Å². The summed E-state index contributed by atoms with van der Waals surface area (Å²) in [5.41, 5.74) is 0.756. The molecule has 76 valence electrons. The molecule has 4 heteroatoms. The molecule has 1 aromatic rings. The number of aliphatic imine (C=N–C) groups is 1. The molecule has 0 saturated carbocycles. The molecule has 1 heterocycles. The van der Waals surface area contributed by atoms with Crippen LogP contribution in [-0.2, 0) is 0 Å². The Morgan fingerprint density at radius 1 is 1.36 bits per heavy atom. The maximum atomic E-state index is 13.3. The first kappa shape index (κ1) is 11.0. The summed E-state index contributed by atoms with van der Waals surface area (Å²) in [4.78, 5) is 4.07. The highest BCUT2D eigenvalue weighted by Crippen LogP contribution is 2.19. The molecule has 1 aromatic carbocycles. The van der Waals surface area contributed by atoms with Crippen molar-refractivity contribution in [2.24, 2.45) is 4.99 Å². The summed E-state index contributed by atoms with van der Waals surface area (Å²) in [7, 11) is 0. The number of halogens is 2. The van der Waals surface area contributed by atoms with Gasteiger partial charge in [0.1, 0.15) is 5.82 Å². The third-order valence-corrected chi connectivity index (χ3v) is 2.22. The first-order chi connectivity index (χ1) is 6.38. The molecule has 1 N–H and O–H groups in total. The lowest BCUT2D eigenvalue weighted by atomic mass is 9.98. The van der Waals surface area contributed by atoms with Crippen molar-refractivity contribution < 1.29 is 4.39 Å². The van der Waals surface area contributed by atoms with Crippen LogP contribution >= 0.6 is 12.4 Å². The summed E-state index contributed by atoms with van der Waals surface area (Å²) >= 11 is 0. The zero-order valence-electron chi connectivity index (χ0n) is 7.61. The molecule has 0 fully saturated rings. The molecule has 0 radical (unpaired) electrons. The Kier molecular flexibility index (Phi) is 3.89. The molecule has 1 aliphatic heterocycles. The minimum atomic E-state index is -0.133. The van der Waals surface area contributed by atoms with Crippen LogP contribution in [0.5, 0.6) is 0 Å². The largest absolute Gasteiger partial charge is 0.376 e. The summed E-state index contributed by atoms with van der Waals surface area (Å²) in [6, 6.07) is 6.88. The number of hydrogen-bond donors (Lipinski definition) is 1. The van der Waals surface area contributed by atoms with Gasteiger partial charge in [-0.15, -0.1) is 12.4 Å². The van der Waals surface area contributed by atoms with Gasteiger partial charge in [0, 0.05) is 19.0 Å². The molecule has 0 bridgehead atoms. The van der Waals surface area contributed by atoms with Crippen molar-refractivity contribution in [3.05, 3.63) is 35.6 Å². The summed E-state index contributed by atoms with van der Waals surface area (Å²) in [6.07, 6.45) is 1.68. The number of hydrogen-bond acceptors (Lipinski definition) is 2. The van der Waals surface area contributed by atoms with Gasteiger partial charge >= 0.3 is 0 Å². The van der Waals surface area contributed by atoms with Crippen LogP contribution in [0.2, 0.25) is 0 Å². The monoisotopic (exact) mass is 214 g/mol. The average molecular weight is 215 g/mol. The minimum absolute atomic E-state index is 0. The van der Waals surface area contributed by atoms with Crippen molar-refractivity contribution in [3.63, 3.8) is 0 Å². The van der Waals surface area contributed by atoms with E-state index in [1.807, 2.05) is 12.1 Å². The Bertz CT molecular complexity index is 328. The first-order valence-corrected chi connectivity index (χ1v) is 4.34. The van der Waals surface area contributed by atoms with E-state index in [-0.39, 0.29) is 24.1 Å². The maximum absolute atomic E-state index is 13.3. The van der Waals surface area contributed by atoms with E-state index >= 15 is 0 Å². The fourth-order valence-corrected chi connectivity index (χ4v) is 1.52. The van der Waals surface area contributed by atoms with E-state index in [2.05, 4.69) is 10.3 Å². The summed E-state index contributed by atoms with van der Waals surface area (Å²) in [6.45, 7) is 1.44. The van der Waals surface area contributed by atoms with Crippen LogP contribution in [0.4, 0.5) is 4.39 Å². The Labute approximate surface area is 88.6 Å². The Morgan fingerprint density at radius 2 is 2.14 bits per heavy atom. The van der Waals surface area contributed by atoms with Crippen LogP contribution in [0.25, 0.3) is 0 Å². The molecule has 2 nitrogen and oxygen atoms in total. The third kappa shape index (κ3) is 2.23. The highest BCUT2D eigenvalue weighted by atomic mass is 35.5. The van der Waals surface area contributed by atoms with Gasteiger partial charge in [-0.2, -0.15) is 0 Å². The lowest BCUT2D eigenvalue weighted by Crippen LogP contribution is -2.27. The number of nitrogens with zero attached hydrogens (tertiary/aromatic N) is 1. The van der Waals surface area contributed by atoms with Crippen molar-refractivity contribution >= 4 is 18.7 Å². The van der Waals surface area contributed by atoms with E-state index in [0.717, 1.165) is 12.1 Å². The van der Waals surface area contributed by atoms with Crippen LogP contribution < -0.4 is 5.32 Å². The molecule has 2 rings (SSSR count). The molecule has 0 saturated heterocycles. The van der Waals surface area contributed by atoms with Crippen molar-refractivity contribution in [2.45, 2.75) is 5.92 Å². The van der Waals surface area contributed by atoms with Crippen LogP contribution in [0, 0.1) is 5.82 Å². The fourth-order valence-electron chi connectivity index (χ4n) is 1.52. The topological polar surface area (TPSA) is 24.4 Å². The number of nitrogens with one attached hydrogen (secondary N) is 1. The summed E-state index contributed by atoms with van der Waals surface area (Å²) < 4.78 is 13.3. The van der Waals surface area contributed by atoms with Crippen molar-refractivity contribution in [3.8, 4) is 0 Å². The van der Waals surface area contributed by atoms with Gasteiger partial charge in [-0.3, -0.25) is 4.99 Å². The van der Waals surface area contributed by atoms with Gasteiger partial charge in [0.2, 0.25) is 0 Å². The van der Waals surface area contributed by atoms with E-state index in [9.17, 15) is 4.39 Å². The Hall–Kier alpha value is -1.09. The van der Waals surface area contributed by atoms with Gasteiger partial charge in [-0.25, -0.2) is 4.39 Å². The highest BCUT2D eigenvalue weighted by molar-refractivity contribution is 5.85. The molecule has 1 unspecified atom stereocenters. The number of benzene rings is 1. The Balaban J connectivity index is 0.000000980. The van der Waals surface area contributed by atoms with E-state index in [4.69, 9.17) is 0 Å². The van der Waals surface area contributed by atoms with Gasteiger partial charge in [-0.1, -0.05) is 18.2 Å². The molecular weight excluding hydrogens is 203 g/mol. The normalized spacial score (nSPS) is 19.6. The molecule has 0 aromatic heterocycles. The second kappa shape index (κ2) is 4.96. The summed E-state index contributed by atoms with van der Waals surface area (Å²) in [5.74, 6) is 0.0394. The molecule has 0 amide bonds. The van der Waals surface area contributed by atoms with Gasteiger partial charge in [-0.05, 0) is 11.6 Å². The Morgan fingerprint density at radius 3 is 2.79 bits per heavy atom. The zero-order chi connectivity index (χ0) is 9.10. The second-order valence-corrected chi connectivity index (χ2v) is 3.12. The standard InChI is InChI=1S/C10H11FN2.ClH/c11-10-4-2-1-3-9(10)8-5-12-7-13-6-8;/h1-4,7-8H,5-6H2,(H,12,13);1H. The fraction of sp³-hybridized carbons (Fsp3) is 0.300. The lowest BCUT2D eigenvalue weighted by Gasteiger charge is -2.18. The minimum Gasteiger partial charge on any atom is -0.376 e. The average Bonchev–Trinajstić information content (AvgIpc) is 2.20. The van der Waals surface area contributed by atoms with E-state index in [0.29, 0.717) is 6.54 Å². The predicted octanol–water partition coefficient (Wildman–Crippen LogP) is 1.96. The molecular formula is C10H12ClFN2. The van der Waals surface area contributed by atoms with Crippen molar-refractivity contribution in [1.82, 2.24) is 5.32 Å².